The molecule has 1 atom stereocenters. The summed E-state index contributed by atoms with van der Waals surface area (Å²) in [4.78, 5) is 9.04. The van der Waals surface area contributed by atoms with Crippen LogP contribution in [0.1, 0.15) is 35.6 Å². The van der Waals surface area contributed by atoms with E-state index in [0.717, 1.165) is 59.7 Å². The lowest BCUT2D eigenvalue weighted by Crippen LogP contribution is -2.15. The van der Waals surface area contributed by atoms with Gasteiger partial charge in [0, 0.05) is 30.4 Å². The molecule has 1 aromatic carbocycles. The lowest BCUT2D eigenvalue weighted by molar-refractivity contribution is 0.480. The molecule has 3 heterocycles. The van der Waals surface area contributed by atoms with Crippen molar-refractivity contribution in [3.05, 3.63) is 71.7 Å². The summed E-state index contributed by atoms with van der Waals surface area (Å²) in [5, 5.41) is 11.0. The number of hydrogen-bond acceptors (Lipinski definition) is 4. The first-order chi connectivity index (χ1) is 14.2. The fraction of sp³-hybridized carbons (Fsp3) is 0.273. The maximum Gasteiger partial charge on any atom is 0.123 e. The van der Waals surface area contributed by atoms with Crippen LogP contribution in [0.3, 0.4) is 0 Å². The van der Waals surface area contributed by atoms with E-state index >= 15 is 0 Å². The predicted octanol–water partition coefficient (Wildman–Crippen LogP) is 4.30. The van der Waals surface area contributed by atoms with Gasteiger partial charge in [-0.15, -0.1) is 0 Å². The number of imidazole rings is 1. The Morgan fingerprint density at radius 3 is 2.93 bits per heavy atom. The third-order valence-electron chi connectivity index (χ3n) is 5.63. The van der Waals surface area contributed by atoms with Crippen molar-refractivity contribution in [3.8, 4) is 22.6 Å². The molecule has 7 heteroatoms. The Morgan fingerprint density at radius 1 is 1.14 bits per heavy atom. The molecule has 0 radical (unpaired) electrons. The van der Waals surface area contributed by atoms with Crippen molar-refractivity contribution >= 4 is 0 Å². The Balaban J connectivity index is 1.39. The van der Waals surface area contributed by atoms with E-state index in [-0.39, 0.29) is 5.82 Å². The Kier molecular flexibility index (Phi) is 4.42. The van der Waals surface area contributed by atoms with Gasteiger partial charge in [-0.1, -0.05) is 6.07 Å². The Labute approximate surface area is 167 Å². The van der Waals surface area contributed by atoms with E-state index in [4.69, 9.17) is 0 Å². The molecule has 5 rings (SSSR count). The molecule has 6 nitrogen and oxygen atoms in total. The maximum absolute atomic E-state index is 13.6. The Morgan fingerprint density at radius 2 is 2.07 bits per heavy atom. The molecule has 0 spiro atoms. The highest BCUT2D eigenvalue weighted by Crippen LogP contribution is 2.33. The van der Waals surface area contributed by atoms with Gasteiger partial charge in [-0.25, -0.2) is 9.37 Å². The van der Waals surface area contributed by atoms with Crippen molar-refractivity contribution in [1.29, 1.82) is 0 Å². The minimum atomic E-state index is -0.150. The molecule has 0 aliphatic heterocycles. The maximum atomic E-state index is 13.6. The van der Waals surface area contributed by atoms with Gasteiger partial charge in [0.25, 0.3) is 0 Å². The molecule has 0 unspecified atom stereocenters. The fourth-order valence-electron chi connectivity index (χ4n) is 4.20. The average Bonchev–Trinajstić information content (AvgIpc) is 3.37. The summed E-state index contributed by atoms with van der Waals surface area (Å²) < 4.78 is 15.7. The minimum absolute atomic E-state index is 0.150. The predicted molar refractivity (Wildman–Crippen MR) is 108 cm³/mol. The van der Waals surface area contributed by atoms with Crippen LogP contribution in [0.15, 0.2) is 49.1 Å². The molecule has 0 fully saturated rings. The number of hydrogen-bond donors (Lipinski definition) is 1. The van der Waals surface area contributed by atoms with Crippen LogP contribution in [-0.4, -0.2) is 29.9 Å². The SMILES string of the molecule is Cc1n[nH]nc1-c1ccnc(-c2cn(C[C@H]3CCCc4cc(F)ccc43)cn2)c1. The van der Waals surface area contributed by atoms with Crippen LogP contribution in [0.5, 0.6) is 0 Å². The minimum Gasteiger partial charge on any atom is -0.336 e. The van der Waals surface area contributed by atoms with Crippen molar-refractivity contribution in [2.24, 2.45) is 0 Å². The van der Waals surface area contributed by atoms with Crippen LogP contribution < -0.4 is 0 Å². The first kappa shape index (κ1) is 17.7. The quantitative estimate of drug-likeness (QED) is 0.566. The van der Waals surface area contributed by atoms with Gasteiger partial charge in [0.05, 0.1) is 17.7 Å². The van der Waals surface area contributed by atoms with Crippen LogP contribution in [0.25, 0.3) is 22.6 Å². The molecule has 0 saturated heterocycles. The molecule has 146 valence electrons. The van der Waals surface area contributed by atoms with E-state index in [9.17, 15) is 4.39 Å². The highest BCUT2D eigenvalue weighted by Gasteiger charge is 2.21. The molecule has 0 saturated carbocycles. The number of rotatable bonds is 4. The van der Waals surface area contributed by atoms with Crippen molar-refractivity contribution < 1.29 is 4.39 Å². The molecule has 3 aromatic heterocycles. The molecule has 4 aromatic rings. The fourth-order valence-corrected chi connectivity index (χ4v) is 4.20. The van der Waals surface area contributed by atoms with Crippen LogP contribution in [0.2, 0.25) is 0 Å². The number of nitrogens with zero attached hydrogens (tertiary/aromatic N) is 5. The summed E-state index contributed by atoms with van der Waals surface area (Å²) in [6, 6.07) is 9.09. The van der Waals surface area contributed by atoms with Crippen molar-refractivity contribution in [2.75, 3.05) is 0 Å². The highest BCUT2D eigenvalue weighted by molar-refractivity contribution is 5.67. The van der Waals surface area contributed by atoms with Gasteiger partial charge in [0.2, 0.25) is 0 Å². The summed E-state index contributed by atoms with van der Waals surface area (Å²) in [6.07, 6.45) is 8.79. The summed E-state index contributed by atoms with van der Waals surface area (Å²) in [5.41, 5.74) is 6.64. The van der Waals surface area contributed by atoms with Gasteiger partial charge in [-0.05, 0) is 61.6 Å². The number of halogens is 1. The Bertz CT molecular complexity index is 1160. The van der Waals surface area contributed by atoms with Crippen molar-refractivity contribution in [3.63, 3.8) is 0 Å². The number of aryl methyl sites for hydroxylation is 2. The standard InChI is InChI=1S/C22H21FN6/c1-14-22(27-28-26-14)16-7-8-24-20(10-16)21-12-29(13-25-21)11-17-4-2-3-15-9-18(23)5-6-19(15)17/h5-10,12-13,17H,2-4,11H2,1H3,(H,26,27,28)/t17-/m1/s1. The zero-order valence-corrected chi connectivity index (χ0v) is 16.1. The molecular formula is C22H21FN6. The number of fused-ring (bicyclic) bond motifs is 1. The van der Waals surface area contributed by atoms with Gasteiger partial charge < -0.3 is 4.57 Å². The van der Waals surface area contributed by atoms with E-state index in [2.05, 4.69) is 29.9 Å². The van der Waals surface area contributed by atoms with E-state index in [0.29, 0.717) is 5.92 Å². The van der Waals surface area contributed by atoms with Gasteiger partial charge in [-0.2, -0.15) is 15.4 Å². The smallest absolute Gasteiger partial charge is 0.123 e. The van der Waals surface area contributed by atoms with Gasteiger partial charge in [0.1, 0.15) is 17.2 Å². The summed E-state index contributed by atoms with van der Waals surface area (Å²) in [5.74, 6) is 0.223. The zero-order valence-electron chi connectivity index (χ0n) is 16.1. The normalized spacial score (nSPS) is 16.0. The molecular weight excluding hydrogens is 367 g/mol. The number of aromatic amines is 1. The van der Waals surface area contributed by atoms with E-state index in [1.54, 1.807) is 18.3 Å². The first-order valence-corrected chi connectivity index (χ1v) is 9.81. The Hall–Kier alpha value is -3.35. The molecule has 29 heavy (non-hydrogen) atoms. The lowest BCUT2D eigenvalue weighted by Gasteiger charge is -2.25. The number of pyridine rings is 1. The number of benzene rings is 1. The zero-order chi connectivity index (χ0) is 19.8. The van der Waals surface area contributed by atoms with Crippen LogP contribution >= 0.6 is 0 Å². The molecule has 1 aliphatic carbocycles. The average molecular weight is 388 g/mol. The third kappa shape index (κ3) is 3.44. The number of H-pyrrole nitrogens is 1. The summed E-state index contributed by atoms with van der Waals surface area (Å²) in [7, 11) is 0. The van der Waals surface area contributed by atoms with Crippen LogP contribution in [0.4, 0.5) is 4.39 Å². The van der Waals surface area contributed by atoms with E-state index in [1.165, 1.54) is 5.56 Å². The van der Waals surface area contributed by atoms with Gasteiger partial charge >= 0.3 is 0 Å². The van der Waals surface area contributed by atoms with Crippen LogP contribution in [0, 0.1) is 12.7 Å². The highest BCUT2D eigenvalue weighted by atomic mass is 19.1. The molecule has 1 aliphatic rings. The van der Waals surface area contributed by atoms with Crippen molar-refractivity contribution in [1.82, 2.24) is 29.9 Å². The number of aromatic nitrogens is 6. The molecule has 1 N–H and O–H groups in total. The first-order valence-electron chi connectivity index (χ1n) is 9.81. The lowest BCUT2D eigenvalue weighted by atomic mass is 9.82. The molecule has 0 amide bonds. The van der Waals surface area contributed by atoms with Gasteiger partial charge in [-0.3, -0.25) is 4.98 Å². The second-order valence-electron chi connectivity index (χ2n) is 7.58. The third-order valence-corrected chi connectivity index (χ3v) is 5.63. The second kappa shape index (κ2) is 7.24. The number of nitrogens with one attached hydrogen (secondary N) is 1. The van der Waals surface area contributed by atoms with Crippen molar-refractivity contribution in [2.45, 2.75) is 38.6 Å². The van der Waals surface area contributed by atoms with E-state index < -0.39 is 0 Å². The molecule has 0 bridgehead atoms. The second-order valence-corrected chi connectivity index (χ2v) is 7.58. The monoisotopic (exact) mass is 388 g/mol. The van der Waals surface area contributed by atoms with E-state index in [1.807, 2.05) is 37.6 Å². The van der Waals surface area contributed by atoms with Gasteiger partial charge in [0.15, 0.2) is 0 Å². The largest absolute Gasteiger partial charge is 0.336 e. The summed E-state index contributed by atoms with van der Waals surface area (Å²) in [6.45, 7) is 2.75. The topological polar surface area (TPSA) is 72.3 Å². The summed E-state index contributed by atoms with van der Waals surface area (Å²) >= 11 is 0. The van der Waals surface area contributed by atoms with Crippen LogP contribution in [-0.2, 0) is 13.0 Å².